The quantitative estimate of drug-likeness (QED) is 0.329. The van der Waals surface area contributed by atoms with Crippen molar-refractivity contribution in [3.63, 3.8) is 0 Å². The summed E-state index contributed by atoms with van der Waals surface area (Å²) in [6.45, 7) is 16.3. The Labute approximate surface area is 201 Å². The summed E-state index contributed by atoms with van der Waals surface area (Å²) in [5, 5.41) is 11.4. The molecule has 0 spiro atoms. The average molecular weight is 477 g/mol. The number of hydrogen-bond donors (Lipinski definition) is 1. The molecular weight excluding hydrogens is 432 g/mol. The molecule has 6 heteroatoms. The summed E-state index contributed by atoms with van der Waals surface area (Å²) < 4.78 is 18.0. The number of carbonyl (C=O) groups is 1. The van der Waals surface area contributed by atoms with Crippen LogP contribution in [-0.4, -0.2) is 44.8 Å². The lowest BCUT2D eigenvalue weighted by Gasteiger charge is -2.42. The van der Waals surface area contributed by atoms with Crippen LogP contribution in [0.5, 0.6) is 0 Å². The molecule has 5 atom stereocenters. The van der Waals surface area contributed by atoms with E-state index in [1.165, 1.54) is 6.92 Å². The van der Waals surface area contributed by atoms with Crippen LogP contribution >= 0.6 is 0 Å². The molecule has 2 aliphatic rings. The Hall–Kier alpha value is -1.21. The summed E-state index contributed by atoms with van der Waals surface area (Å²) in [4.78, 5) is 11.4. The standard InChI is InChI=1S/C27H44O5Si/c1-18(2)27(4,5)33(6,7)31-15-14-20-10-8-9-11-21(20)24(29)16-22-23(17-30-19(3)28)26-13-12-25(22)32-26/h8-11,18,22-26,29H,12-17H2,1-7H3/t22-,23+,24?,25+,26-/m1/s1. The van der Waals surface area contributed by atoms with Crippen LogP contribution in [-0.2, 0) is 25.1 Å². The number of aliphatic hydroxyl groups is 1. The van der Waals surface area contributed by atoms with Gasteiger partial charge in [-0.1, -0.05) is 52.0 Å². The number of benzene rings is 1. The van der Waals surface area contributed by atoms with Gasteiger partial charge in [0.1, 0.15) is 0 Å². The van der Waals surface area contributed by atoms with Gasteiger partial charge in [-0.2, -0.15) is 0 Å². The van der Waals surface area contributed by atoms with Crippen LogP contribution in [0.2, 0.25) is 18.1 Å². The first-order valence-electron chi connectivity index (χ1n) is 12.6. The molecule has 2 aliphatic heterocycles. The molecule has 33 heavy (non-hydrogen) atoms. The maximum atomic E-state index is 11.4. The van der Waals surface area contributed by atoms with E-state index < -0.39 is 14.4 Å². The molecule has 186 valence electrons. The summed E-state index contributed by atoms with van der Waals surface area (Å²) in [6, 6.07) is 8.18. The van der Waals surface area contributed by atoms with Gasteiger partial charge in [0.2, 0.25) is 0 Å². The second kappa shape index (κ2) is 10.6. The highest BCUT2D eigenvalue weighted by Gasteiger charge is 2.49. The summed E-state index contributed by atoms with van der Waals surface area (Å²) in [7, 11) is -1.88. The highest BCUT2D eigenvalue weighted by Crippen LogP contribution is 2.47. The van der Waals surface area contributed by atoms with Crippen molar-refractivity contribution in [2.75, 3.05) is 13.2 Å². The third-order valence-electron chi connectivity index (χ3n) is 8.81. The Morgan fingerprint density at radius 3 is 2.45 bits per heavy atom. The monoisotopic (exact) mass is 476 g/mol. The molecular formula is C27H44O5Si. The first-order chi connectivity index (χ1) is 15.4. The minimum atomic E-state index is -1.88. The fourth-order valence-corrected chi connectivity index (χ4v) is 7.79. The first-order valence-corrected chi connectivity index (χ1v) is 15.5. The lowest BCUT2D eigenvalue weighted by atomic mass is 9.76. The fourth-order valence-electron chi connectivity index (χ4n) is 5.41. The SMILES string of the molecule is CC(=O)OC[C@H]1[C@@H](CC(O)c2ccccc2CCO[Si](C)(C)C(C)(C)C(C)C)[C@@H]2CC[C@H]1O2. The van der Waals surface area contributed by atoms with Gasteiger partial charge in [0.15, 0.2) is 8.32 Å². The molecule has 2 heterocycles. The third kappa shape index (κ3) is 5.89. The predicted octanol–water partition coefficient (Wildman–Crippen LogP) is 5.67. The summed E-state index contributed by atoms with van der Waals surface area (Å²) in [5.41, 5.74) is 2.13. The van der Waals surface area contributed by atoms with Crippen molar-refractivity contribution in [2.24, 2.45) is 17.8 Å². The van der Waals surface area contributed by atoms with E-state index in [1.807, 2.05) is 18.2 Å². The van der Waals surface area contributed by atoms with E-state index in [0.29, 0.717) is 25.6 Å². The molecule has 0 radical (unpaired) electrons. The molecule has 3 rings (SSSR count). The van der Waals surface area contributed by atoms with E-state index in [9.17, 15) is 9.90 Å². The Kier molecular flexibility index (Phi) is 8.47. The molecule has 2 bridgehead atoms. The normalized spacial score (nSPS) is 26.1. The lowest BCUT2D eigenvalue weighted by molar-refractivity contribution is -0.143. The van der Waals surface area contributed by atoms with Crippen LogP contribution in [0.25, 0.3) is 0 Å². The molecule has 1 unspecified atom stereocenters. The molecule has 2 saturated heterocycles. The van der Waals surface area contributed by atoms with Crippen molar-refractivity contribution >= 4 is 14.3 Å². The van der Waals surface area contributed by atoms with Crippen molar-refractivity contribution in [1.82, 2.24) is 0 Å². The van der Waals surface area contributed by atoms with Gasteiger partial charge in [-0.05, 0) is 66.8 Å². The van der Waals surface area contributed by atoms with Gasteiger partial charge in [-0.15, -0.1) is 0 Å². The Morgan fingerprint density at radius 1 is 1.18 bits per heavy atom. The first kappa shape index (κ1) is 26.4. The average Bonchev–Trinajstić information content (AvgIpc) is 3.34. The second-order valence-electron chi connectivity index (χ2n) is 11.4. The summed E-state index contributed by atoms with van der Waals surface area (Å²) in [6.07, 6.45) is 3.21. The van der Waals surface area contributed by atoms with Crippen molar-refractivity contribution < 1.29 is 23.8 Å². The molecule has 0 amide bonds. The highest BCUT2D eigenvalue weighted by atomic mass is 28.4. The number of hydrogen-bond acceptors (Lipinski definition) is 5. The zero-order valence-electron chi connectivity index (χ0n) is 21.6. The lowest BCUT2D eigenvalue weighted by Crippen LogP contribution is -2.45. The van der Waals surface area contributed by atoms with Gasteiger partial charge in [-0.3, -0.25) is 4.79 Å². The molecule has 1 aromatic rings. The van der Waals surface area contributed by atoms with Crippen molar-refractivity contribution in [1.29, 1.82) is 0 Å². The number of esters is 1. The Bertz CT molecular complexity index is 805. The zero-order chi connectivity index (χ0) is 24.4. The van der Waals surface area contributed by atoms with E-state index in [2.05, 4.69) is 46.9 Å². The summed E-state index contributed by atoms with van der Waals surface area (Å²) in [5.74, 6) is 0.690. The van der Waals surface area contributed by atoms with E-state index in [0.717, 1.165) is 30.4 Å². The Morgan fingerprint density at radius 2 is 1.82 bits per heavy atom. The minimum Gasteiger partial charge on any atom is -0.465 e. The number of carbonyl (C=O) groups excluding carboxylic acids is 1. The predicted molar refractivity (Wildman–Crippen MR) is 134 cm³/mol. The van der Waals surface area contributed by atoms with Crippen LogP contribution in [0, 0.1) is 17.8 Å². The zero-order valence-corrected chi connectivity index (χ0v) is 22.6. The molecule has 2 fully saturated rings. The smallest absolute Gasteiger partial charge is 0.302 e. The fraction of sp³-hybridized carbons (Fsp3) is 0.741. The van der Waals surface area contributed by atoms with Crippen LogP contribution in [0.15, 0.2) is 24.3 Å². The molecule has 1 aromatic carbocycles. The second-order valence-corrected chi connectivity index (χ2v) is 16.0. The molecule has 1 N–H and O–H groups in total. The van der Waals surface area contributed by atoms with Gasteiger partial charge >= 0.3 is 5.97 Å². The number of aliphatic hydroxyl groups excluding tert-OH is 1. The largest absolute Gasteiger partial charge is 0.465 e. The molecule has 0 aliphatic carbocycles. The minimum absolute atomic E-state index is 0.145. The highest BCUT2D eigenvalue weighted by molar-refractivity contribution is 6.74. The number of rotatable bonds is 11. The maximum absolute atomic E-state index is 11.4. The van der Waals surface area contributed by atoms with E-state index in [4.69, 9.17) is 13.9 Å². The van der Waals surface area contributed by atoms with Crippen LogP contribution in [0.3, 0.4) is 0 Å². The third-order valence-corrected chi connectivity index (χ3v) is 13.4. The van der Waals surface area contributed by atoms with Gasteiger partial charge in [0, 0.05) is 19.4 Å². The van der Waals surface area contributed by atoms with Crippen molar-refractivity contribution in [3.8, 4) is 0 Å². The number of fused-ring (bicyclic) bond motifs is 2. The van der Waals surface area contributed by atoms with Gasteiger partial charge in [-0.25, -0.2) is 0 Å². The van der Waals surface area contributed by atoms with Crippen molar-refractivity contribution in [3.05, 3.63) is 35.4 Å². The molecule has 5 nitrogen and oxygen atoms in total. The molecule has 0 aromatic heterocycles. The van der Waals surface area contributed by atoms with Crippen LogP contribution in [0.1, 0.15) is 71.1 Å². The Balaban J connectivity index is 1.64. The summed E-state index contributed by atoms with van der Waals surface area (Å²) >= 11 is 0. The number of ether oxygens (including phenoxy) is 2. The van der Waals surface area contributed by atoms with Crippen LogP contribution < -0.4 is 0 Å². The van der Waals surface area contributed by atoms with E-state index in [1.54, 1.807) is 0 Å². The van der Waals surface area contributed by atoms with Gasteiger partial charge in [0.05, 0.1) is 24.9 Å². The van der Waals surface area contributed by atoms with E-state index in [-0.39, 0.29) is 35.1 Å². The molecule has 0 saturated carbocycles. The topological polar surface area (TPSA) is 65.0 Å². The maximum Gasteiger partial charge on any atom is 0.302 e. The van der Waals surface area contributed by atoms with E-state index >= 15 is 0 Å². The van der Waals surface area contributed by atoms with Crippen LogP contribution in [0.4, 0.5) is 0 Å². The van der Waals surface area contributed by atoms with Gasteiger partial charge in [0.25, 0.3) is 0 Å². The van der Waals surface area contributed by atoms with Crippen molar-refractivity contribution in [2.45, 2.75) is 96.7 Å². The van der Waals surface area contributed by atoms with Gasteiger partial charge < -0.3 is 19.0 Å².